The molecule has 0 aliphatic heterocycles. The van der Waals surface area contributed by atoms with Crippen molar-refractivity contribution in [3.63, 3.8) is 0 Å². The lowest BCUT2D eigenvalue weighted by Gasteiger charge is -2.19. The zero-order valence-corrected chi connectivity index (χ0v) is 16.2. The van der Waals surface area contributed by atoms with Crippen LogP contribution in [0.5, 0.6) is 0 Å². The first kappa shape index (κ1) is 20.0. The maximum Gasteiger partial charge on any atom is 0.326 e. The van der Waals surface area contributed by atoms with Gasteiger partial charge in [0.25, 0.3) is 5.91 Å². The van der Waals surface area contributed by atoms with Gasteiger partial charge in [-0.15, -0.1) is 0 Å². The molecule has 0 bridgehead atoms. The fraction of sp³-hybridized carbons (Fsp3) is 0.250. The second-order valence-electron chi connectivity index (χ2n) is 6.37. The first-order valence-corrected chi connectivity index (χ1v) is 9.00. The molecule has 9 nitrogen and oxygen atoms in total. The number of carbonyl (C=O) groups is 2. The number of nitrogens with one attached hydrogen (secondary N) is 1. The van der Waals surface area contributed by atoms with Gasteiger partial charge in [0.1, 0.15) is 18.4 Å². The van der Waals surface area contributed by atoms with Gasteiger partial charge in [0.15, 0.2) is 6.61 Å². The number of hydrogen-bond acceptors (Lipinski definition) is 7. The molecule has 0 aliphatic rings. The zero-order chi connectivity index (χ0) is 20.6. The summed E-state index contributed by atoms with van der Waals surface area (Å²) in [5.74, 6) is 0.0989. The smallest absolute Gasteiger partial charge is 0.326 e. The Kier molecular flexibility index (Phi) is 6.51. The van der Waals surface area contributed by atoms with Crippen molar-refractivity contribution in [3.05, 3.63) is 72.6 Å². The van der Waals surface area contributed by atoms with E-state index in [2.05, 4.69) is 20.3 Å². The van der Waals surface area contributed by atoms with Crippen LogP contribution in [0.1, 0.15) is 17.4 Å². The van der Waals surface area contributed by atoms with Crippen LogP contribution in [0.4, 0.5) is 5.95 Å². The first-order chi connectivity index (χ1) is 14.0. The Labute approximate surface area is 168 Å². The Morgan fingerprint density at radius 2 is 1.83 bits per heavy atom. The predicted molar refractivity (Wildman–Crippen MR) is 106 cm³/mol. The monoisotopic (exact) mass is 394 g/mol. The van der Waals surface area contributed by atoms with E-state index in [4.69, 9.17) is 4.74 Å². The number of anilines is 1. The highest BCUT2D eigenvalue weighted by Crippen LogP contribution is 2.20. The number of benzene rings is 1. The van der Waals surface area contributed by atoms with Gasteiger partial charge in [0.05, 0.1) is 0 Å². The fourth-order valence-electron chi connectivity index (χ4n) is 2.74. The number of ether oxygens (including phenoxy) is 1. The van der Waals surface area contributed by atoms with Crippen LogP contribution in [0.25, 0.3) is 0 Å². The standard InChI is InChI=1S/C20H22N6O3/c1-25-12-11-21-19(25)18(15-7-4-3-5-8-15)24-16(27)14-29-17(28)13-26(2)20-22-9-6-10-23-20/h3-12,18H,13-14H2,1-2H3,(H,24,27)/t18-/m1/s1. The number of esters is 1. The molecule has 0 fully saturated rings. The van der Waals surface area contributed by atoms with Crippen molar-refractivity contribution in [1.82, 2.24) is 24.8 Å². The Hall–Kier alpha value is -3.75. The molecule has 1 atom stereocenters. The van der Waals surface area contributed by atoms with Crippen molar-refractivity contribution in [2.75, 3.05) is 25.1 Å². The molecule has 9 heteroatoms. The van der Waals surface area contributed by atoms with Gasteiger partial charge in [-0.25, -0.2) is 15.0 Å². The number of amides is 1. The minimum atomic E-state index is -0.552. The summed E-state index contributed by atoms with van der Waals surface area (Å²) in [7, 11) is 3.52. The van der Waals surface area contributed by atoms with E-state index < -0.39 is 24.5 Å². The van der Waals surface area contributed by atoms with Crippen LogP contribution >= 0.6 is 0 Å². The molecule has 3 rings (SSSR count). The zero-order valence-electron chi connectivity index (χ0n) is 16.2. The number of aromatic nitrogens is 4. The number of imidazole rings is 1. The largest absolute Gasteiger partial charge is 0.454 e. The second-order valence-corrected chi connectivity index (χ2v) is 6.37. The minimum absolute atomic E-state index is 0.0707. The van der Waals surface area contributed by atoms with Gasteiger partial charge < -0.3 is 19.5 Å². The molecule has 150 valence electrons. The lowest BCUT2D eigenvalue weighted by Crippen LogP contribution is -2.36. The lowest BCUT2D eigenvalue weighted by molar-refractivity contribution is -0.147. The molecule has 0 radical (unpaired) electrons. The van der Waals surface area contributed by atoms with Gasteiger partial charge in [-0.3, -0.25) is 9.59 Å². The summed E-state index contributed by atoms with van der Waals surface area (Å²) < 4.78 is 6.94. The molecule has 3 aromatic rings. The summed E-state index contributed by atoms with van der Waals surface area (Å²) in [6.07, 6.45) is 6.63. The van der Waals surface area contributed by atoms with E-state index in [0.29, 0.717) is 11.8 Å². The number of rotatable bonds is 8. The summed E-state index contributed by atoms with van der Waals surface area (Å²) in [4.78, 5) is 38.5. The van der Waals surface area contributed by atoms with Crippen molar-refractivity contribution in [1.29, 1.82) is 0 Å². The average molecular weight is 394 g/mol. The Morgan fingerprint density at radius 3 is 2.48 bits per heavy atom. The van der Waals surface area contributed by atoms with Gasteiger partial charge in [-0.2, -0.15) is 0 Å². The molecule has 2 heterocycles. The predicted octanol–water partition coefficient (Wildman–Crippen LogP) is 1.10. The van der Waals surface area contributed by atoms with Gasteiger partial charge in [-0.1, -0.05) is 30.3 Å². The molecule has 1 amide bonds. The maximum atomic E-state index is 12.4. The van der Waals surface area contributed by atoms with Crippen molar-refractivity contribution >= 4 is 17.8 Å². The van der Waals surface area contributed by atoms with Crippen LogP contribution in [0.15, 0.2) is 61.2 Å². The van der Waals surface area contributed by atoms with E-state index in [0.717, 1.165) is 5.56 Å². The fourth-order valence-corrected chi connectivity index (χ4v) is 2.74. The number of likely N-dealkylation sites (N-methyl/N-ethyl adjacent to an activating group) is 1. The van der Waals surface area contributed by atoms with Crippen molar-refractivity contribution in [3.8, 4) is 0 Å². The summed E-state index contributed by atoms with van der Waals surface area (Å²) in [6, 6.07) is 10.7. The number of nitrogens with zero attached hydrogens (tertiary/aromatic N) is 5. The van der Waals surface area contributed by atoms with E-state index in [1.165, 1.54) is 0 Å². The molecule has 0 aliphatic carbocycles. The molecule has 0 unspecified atom stereocenters. The quantitative estimate of drug-likeness (QED) is 0.571. The van der Waals surface area contributed by atoms with Crippen LogP contribution in [0.3, 0.4) is 0 Å². The van der Waals surface area contributed by atoms with Gasteiger partial charge in [-0.05, 0) is 11.6 Å². The lowest BCUT2D eigenvalue weighted by atomic mass is 10.1. The third kappa shape index (κ3) is 5.38. The average Bonchev–Trinajstić information content (AvgIpc) is 3.17. The van der Waals surface area contributed by atoms with Gasteiger partial charge >= 0.3 is 5.97 Å². The van der Waals surface area contributed by atoms with E-state index in [9.17, 15) is 9.59 Å². The molecule has 29 heavy (non-hydrogen) atoms. The molecule has 1 aromatic carbocycles. The molecular weight excluding hydrogens is 372 g/mol. The Balaban J connectivity index is 1.58. The van der Waals surface area contributed by atoms with Gasteiger partial charge in [0, 0.05) is 38.9 Å². The van der Waals surface area contributed by atoms with Crippen molar-refractivity contribution < 1.29 is 14.3 Å². The Morgan fingerprint density at radius 1 is 1.10 bits per heavy atom. The number of carbonyl (C=O) groups excluding carboxylic acids is 2. The molecule has 0 saturated carbocycles. The first-order valence-electron chi connectivity index (χ1n) is 9.00. The topological polar surface area (TPSA) is 102 Å². The second kappa shape index (κ2) is 9.45. The van der Waals surface area contributed by atoms with Crippen LogP contribution in [0.2, 0.25) is 0 Å². The highest BCUT2D eigenvalue weighted by atomic mass is 16.5. The number of aryl methyl sites for hydroxylation is 1. The number of hydrogen-bond donors (Lipinski definition) is 1. The van der Waals surface area contributed by atoms with Crippen LogP contribution < -0.4 is 10.2 Å². The van der Waals surface area contributed by atoms with Gasteiger partial charge in [0.2, 0.25) is 5.95 Å². The SMILES string of the molecule is CN(CC(=O)OCC(=O)N[C@H](c1ccccc1)c1nccn1C)c1ncccn1. The third-order valence-corrected chi connectivity index (χ3v) is 4.18. The van der Waals surface area contributed by atoms with Crippen molar-refractivity contribution in [2.24, 2.45) is 7.05 Å². The molecule has 0 saturated heterocycles. The highest BCUT2D eigenvalue weighted by Gasteiger charge is 2.21. The minimum Gasteiger partial charge on any atom is -0.454 e. The molecular formula is C20H22N6O3. The van der Waals surface area contributed by atoms with Crippen LogP contribution in [-0.2, 0) is 21.4 Å². The highest BCUT2D eigenvalue weighted by molar-refractivity contribution is 5.82. The summed E-state index contributed by atoms with van der Waals surface area (Å²) >= 11 is 0. The van der Waals surface area contributed by atoms with E-state index in [1.807, 2.05) is 41.9 Å². The molecule has 2 aromatic heterocycles. The normalized spacial score (nSPS) is 11.5. The van der Waals surface area contributed by atoms with E-state index in [-0.39, 0.29) is 6.54 Å². The summed E-state index contributed by atoms with van der Waals surface area (Å²) in [5, 5.41) is 2.88. The van der Waals surface area contributed by atoms with Crippen LogP contribution in [0, 0.1) is 0 Å². The maximum absolute atomic E-state index is 12.4. The molecule has 1 N–H and O–H groups in total. The van der Waals surface area contributed by atoms with Crippen LogP contribution in [-0.4, -0.2) is 51.6 Å². The van der Waals surface area contributed by atoms with E-state index >= 15 is 0 Å². The van der Waals surface area contributed by atoms with Crippen molar-refractivity contribution in [2.45, 2.75) is 6.04 Å². The Bertz CT molecular complexity index is 945. The van der Waals surface area contributed by atoms with E-state index in [1.54, 1.807) is 42.8 Å². The third-order valence-electron chi connectivity index (χ3n) is 4.18. The summed E-state index contributed by atoms with van der Waals surface area (Å²) in [5.41, 5.74) is 0.877. The summed E-state index contributed by atoms with van der Waals surface area (Å²) in [6.45, 7) is -0.463. The molecule has 0 spiro atoms.